The van der Waals surface area contributed by atoms with Crippen molar-refractivity contribution in [3.8, 4) is 0 Å². The summed E-state index contributed by atoms with van der Waals surface area (Å²) in [5.74, 6) is -5.54. The second-order valence-corrected chi connectivity index (χ2v) is 10.9. The van der Waals surface area contributed by atoms with Crippen LogP contribution in [0.15, 0.2) is 24.3 Å². The number of nitrogens with zero attached hydrogens (tertiary/aromatic N) is 3. The van der Waals surface area contributed by atoms with Crippen molar-refractivity contribution in [2.75, 3.05) is 39.3 Å². The molecular formula is C29H37N5O9. The number of para-hydroxylation sites is 1. The number of carbonyl (C=O) groups excluding carboxylic acids is 5. The van der Waals surface area contributed by atoms with Crippen LogP contribution in [0.5, 0.6) is 0 Å². The average molecular weight is 600 g/mol. The van der Waals surface area contributed by atoms with Gasteiger partial charge in [0, 0.05) is 38.0 Å². The molecular weight excluding hydrogens is 562 g/mol. The van der Waals surface area contributed by atoms with Gasteiger partial charge in [0.1, 0.15) is 12.1 Å². The number of carboxylic acids is 1. The van der Waals surface area contributed by atoms with E-state index in [1.54, 1.807) is 45.9 Å². The Morgan fingerprint density at radius 2 is 1.65 bits per heavy atom. The van der Waals surface area contributed by atoms with Gasteiger partial charge in [-0.05, 0) is 40.2 Å². The number of esters is 1. The molecule has 1 fully saturated rings. The smallest absolute Gasteiger partial charge is 0.409 e. The highest BCUT2D eigenvalue weighted by Gasteiger charge is 2.36. The van der Waals surface area contributed by atoms with Gasteiger partial charge in [0.05, 0.1) is 34.9 Å². The Balaban J connectivity index is 2.10. The first kappa shape index (κ1) is 32.8. The minimum atomic E-state index is -1.31. The number of primary amides is 1. The number of carbonyl (C=O) groups is 6. The van der Waals surface area contributed by atoms with Gasteiger partial charge in [0.15, 0.2) is 0 Å². The van der Waals surface area contributed by atoms with Crippen molar-refractivity contribution in [2.24, 2.45) is 5.73 Å². The van der Waals surface area contributed by atoms with Crippen LogP contribution in [0.1, 0.15) is 72.9 Å². The molecule has 0 radical (unpaired) electrons. The summed E-state index contributed by atoms with van der Waals surface area (Å²) in [5.41, 5.74) is 4.56. The Hall–Kier alpha value is -4.75. The summed E-state index contributed by atoms with van der Waals surface area (Å²) < 4.78 is 10.5. The first-order valence-corrected chi connectivity index (χ1v) is 13.9. The summed E-state index contributed by atoms with van der Waals surface area (Å²) in [5, 5.41) is 11.6. The van der Waals surface area contributed by atoms with Crippen molar-refractivity contribution in [3.05, 3.63) is 41.1 Å². The van der Waals surface area contributed by atoms with Crippen molar-refractivity contribution in [1.29, 1.82) is 0 Å². The topological polar surface area (TPSA) is 199 Å². The van der Waals surface area contributed by atoms with E-state index in [1.165, 1.54) is 15.9 Å². The van der Waals surface area contributed by atoms with Crippen LogP contribution in [0.3, 0.4) is 0 Å². The van der Waals surface area contributed by atoms with Crippen LogP contribution in [-0.2, 0) is 23.9 Å². The summed E-state index contributed by atoms with van der Waals surface area (Å²) in [6, 6.07) is 6.36. The molecule has 1 saturated heterocycles. The van der Waals surface area contributed by atoms with Crippen LogP contribution in [0, 0.1) is 0 Å². The molecule has 43 heavy (non-hydrogen) atoms. The molecule has 2 aromatic rings. The van der Waals surface area contributed by atoms with Gasteiger partial charge in [-0.1, -0.05) is 18.2 Å². The van der Waals surface area contributed by atoms with E-state index in [9.17, 15) is 28.8 Å². The van der Waals surface area contributed by atoms with E-state index >= 15 is 0 Å². The van der Waals surface area contributed by atoms with Crippen LogP contribution in [0.4, 0.5) is 4.79 Å². The maximum Gasteiger partial charge on any atom is 0.409 e. The monoisotopic (exact) mass is 599 g/mol. The highest BCUT2D eigenvalue weighted by atomic mass is 16.6. The number of hydrogen-bond donors (Lipinski definition) is 3. The third-order valence-corrected chi connectivity index (χ3v) is 6.60. The third kappa shape index (κ3) is 8.40. The predicted octanol–water partition coefficient (Wildman–Crippen LogP) is 1.65. The molecule has 0 spiro atoms. The van der Waals surface area contributed by atoms with Gasteiger partial charge in [-0.2, -0.15) is 0 Å². The number of pyridine rings is 1. The lowest BCUT2D eigenvalue weighted by atomic mass is 9.88. The van der Waals surface area contributed by atoms with Crippen LogP contribution in [-0.4, -0.2) is 101 Å². The summed E-state index contributed by atoms with van der Waals surface area (Å²) >= 11 is 0. The first-order chi connectivity index (χ1) is 20.2. The van der Waals surface area contributed by atoms with Crippen molar-refractivity contribution < 1.29 is 43.3 Å². The van der Waals surface area contributed by atoms with Gasteiger partial charge in [0.25, 0.3) is 11.8 Å². The minimum Gasteiger partial charge on any atom is -0.480 e. The number of ether oxygens (including phenoxy) is 2. The molecule has 0 bridgehead atoms. The molecule has 2 heterocycles. The van der Waals surface area contributed by atoms with Crippen molar-refractivity contribution in [2.45, 2.75) is 52.1 Å². The Morgan fingerprint density at radius 1 is 1.02 bits per heavy atom. The standard InChI is InChI=1S/C29H37N5O9/c1-5-42-28(41)34-14-12-33(13-15-34)27(40)18(10-11-21(37)43-29(2,3)4)24-23(25(30)38)22(26(39)31-16-20(35)36)17-8-6-7-9-19(17)32-24/h6-9,18H,5,10-16H2,1-4H3,(H2,30,38)(H,31,39)(H,35,36). The largest absolute Gasteiger partial charge is 0.480 e. The lowest BCUT2D eigenvalue weighted by Gasteiger charge is -2.36. The minimum absolute atomic E-state index is 0.118. The number of nitrogens with two attached hydrogens (primary N) is 1. The number of piperazine rings is 1. The average Bonchev–Trinajstić information content (AvgIpc) is 2.94. The van der Waals surface area contributed by atoms with E-state index in [4.69, 9.17) is 20.3 Å². The van der Waals surface area contributed by atoms with Gasteiger partial charge in [-0.25, -0.2) is 4.79 Å². The third-order valence-electron chi connectivity index (χ3n) is 6.60. The Labute approximate surface area is 248 Å². The van der Waals surface area contributed by atoms with Crippen molar-refractivity contribution in [1.82, 2.24) is 20.1 Å². The van der Waals surface area contributed by atoms with Crippen LogP contribution in [0.2, 0.25) is 0 Å². The molecule has 3 rings (SSSR count). The number of carboxylic acid groups (broad SMARTS) is 1. The number of benzene rings is 1. The first-order valence-electron chi connectivity index (χ1n) is 13.9. The SMILES string of the molecule is CCOC(=O)N1CCN(C(=O)C(CCC(=O)OC(C)(C)C)c2nc3ccccc3c(C(=O)NCC(=O)O)c2C(N)=O)CC1. The fourth-order valence-corrected chi connectivity index (χ4v) is 4.79. The molecule has 1 aromatic carbocycles. The van der Waals surface area contributed by atoms with E-state index in [1.807, 2.05) is 0 Å². The van der Waals surface area contributed by atoms with E-state index in [2.05, 4.69) is 10.3 Å². The molecule has 1 aliphatic rings. The highest BCUT2D eigenvalue weighted by Crippen LogP contribution is 2.32. The molecule has 4 N–H and O–H groups in total. The quantitative estimate of drug-likeness (QED) is 0.338. The lowest BCUT2D eigenvalue weighted by molar-refractivity contribution is -0.155. The van der Waals surface area contributed by atoms with Crippen molar-refractivity contribution >= 4 is 46.7 Å². The second-order valence-electron chi connectivity index (χ2n) is 10.9. The van der Waals surface area contributed by atoms with Gasteiger partial charge in [0.2, 0.25) is 5.91 Å². The van der Waals surface area contributed by atoms with Crippen LogP contribution in [0.25, 0.3) is 10.9 Å². The van der Waals surface area contributed by atoms with Crippen LogP contribution >= 0.6 is 0 Å². The number of rotatable bonds is 10. The second kappa shape index (κ2) is 13.9. The number of fused-ring (bicyclic) bond motifs is 1. The van der Waals surface area contributed by atoms with E-state index < -0.39 is 53.8 Å². The molecule has 14 heteroatoms. The summed E-state index contributed by atoms with van der Waals surface area (Å²) in [7, 11) is 0. The fraction of sp³-hybridized carbons (Fsp3) is 0.483. The zero-order chi connectivity index (χ0) is 31.9. The number of hydrogen-bond acceptors (Lipinski definition) is 9. The summed E-state index contributed by atoms with van der Waals surface area (Å²) in [6.45, 7) is 6.96. The van der Waals surface area contributed by atoms with Gasteiger partial charge < -0.3 is 35.4 Å². The highest BCUT2D eigenvalue weighted by molar-refractivity contribution is 6.16. The molecule has 1 atom stereocenters. The molecule has 1 unspecified atom stereocenters. The van der Waals surface area contributed by atoms with Gasteiger partial charge in [-0.15, -0.1) is 0 Å². The zero-order valence-electron chi connectivity index (χ0n) is 24.7. The number of nitrogens with one attached hydrogen (secondary N) is 1. The molecule has 0 saturated carbocycles. The number of aromatic nitrogens is 1. The summed E-state index contributed by atoms with van der Waals surface area (Å²) in [4.78, 5) is 83.9. The van der Waals surface area contributed by atoms with E-state index in [0.29, 0.717) is 0 Å². The number of amides is 4. The number of aliphatic carboxylic acids is 1. The zero-order valence-corrected chi connectivity index (χ0v) is 24.7. The van der Waals surface area contributed by atoms with E-state index in [0.717, 1.165) is 0 Å². The van der Waals surface area contributed by atoms with Gasteiger partial charge in [-0.3, -0.25) is 29.0 Å². The summed E-state index contributed by atoms with van der Waals surface area (Å²) in [6.07, 6.45) is -0.850. The fourth-order valence-electron chi connectivity index (χ4n) is 4.79. The predicted molar refractivity (Wildman–Crippen MR) is 153 cm³/mol. The Kier molecular flexibility index (Phi) is 10.6. The Bertz CT molecular complexity index is 1410. The Morgan fingerprint density at radius 3 is 2.23 bits per heavy atom. The normalized spacial score (nSPS) is 14.1. The molecule has 14 nitrogen and oxygen atoms in total. The van der Waals surface area contributed by atoms with E-state index in [-0.39, 0.29) is 73.4 Å². The lowest BCUT2D eigenvalue weighted by Crippen LogP contribution is -2.52. The molecule has 0 aliphatic carbocycles. The molecule has 4 amide bonds. The molecule has 1 aliphatic heterocycles. The van der Waals surface area contributed by atoms with Crippen molar-refractivity contribution in [3.63, 3.8) is 0 Å². The maximum absolute atomic E-state index is 14.1. The molecule has 1 aromatic heterocycles. The van der Waals surface area contributed by atoms with Crippen LogP contribution < -0.4 is 11.1 Å². The molecule has 232 valence electrons. The maximum atomic E-state index is 14.1. The van der Waals surface area contributed by atoms with Gasteiger partial charge >= 0.3 is 18.0 Å².